The summed E-state index contributed by atoms with van der Waals surface area (Å²) in [5, 5.41) is 2.36. The molecule has 12 heavy (non-hydrogen) atoms. The molecule has 0 bridgehead atoms. The van der Waals surface area contributed by atoms with Crippen LogP contribution in [0.4, 0.5) is 10.6 Å². The van der Waals surface area contributed by atoms with Gasteiger partial charge in [-0.15, -0.1) is 0 Å². The van der Waals surface area contributed by atoms with Crippen molar-refractivity contribution in [2.75, 3.05) is 5.32 Å². The zero-order valence-corrected chi connectivity index (χ0v) is 9.02. The molecule has 6 heteroatoms. The Hall–Kier alpha value is -0.620. The first-order valence-corrected chi connectivity index (χ1v) is 4.56. The standard InChI is InChI=1S/C6H5Br2N3O/c7-3-1-2-10-5(4(3)8)11-6(9)12/h1-2H,(H3,9,10,11,12). The lowest BCUT2D eigenvalue weighted by molar-refractivity contribution is 0.259. The van der Waals surface area contributed by atoms with E-state index in [2.05, 4.69) is 42.2 Å². The van der Waals surface area contributed by atoms with Crippen LogP contribution < -0.4 is 11.1 Å². The van der Waals surface area contributed by atoms with Crippen molar-refractivity contribution >= 4 is 43.7 Å². The normalized spacial score (nSPS) is 9.50. The highest BCUT2D eigenvalue weighted by molar-refractivity contribution is 9.13. The summed E-state index contributed by atoms with van der Waals surface area (Å²) >= 11 is 6.49. The maximum absolute atomic E-state index is 10.5. The van der Waals surface area contributed by atoms with Crippen molar-refractivity contribution in [3.63, 3.8) is 0 Å². The maximum atomic E-state index is 10.5. The number of hydrogen-bond donors (Lipinski definition) is 2. The molecule has 0 radical (unpaired) electrons. The number of carbonyl (C=O) groups excluding carboxylic acids is 1. The van der Waals surface area contributed by atoms with Crippen LogP contribution in [0.25, 0.3) is 0 Å². The number of anilines is 1. The van der Waals surface area contributed by atoms with Crippen molar-refractivity contribution in [1.29, 1.82) is 0 Å². The fourth-order valence-corrected chi connectivity index (χ4v) is 1.26. The molecule has 64 valence electrons. The largest absolute Gasteiger partial charge is 0.351 e. The van der Waals surface area contributed by atoms with Gasteiger partial charge in [0, 0.05) is 10.7 Å². The number of halogens is 2. The summed E-state index contributed by atoms with van der Waals surface area (Å²) < 4.78 is 1.48. The number of primary amides is 1. The lowest BCUT2D eigenvalue weighted by Gasteiger charge is -2.03. The van der Waals surface area contributed by atoms with E-state index >= 15 is 0 Å². The van der Waals surface area contributed by atoms with Gasteiger partial charge in [0.25, 0.3) is 0 Å². The molecule has 1 rings (SSSR count). The van der Waals surface area contributed by atoms with E-state index in [4.69, 9.17) is 5.73 Å². The Balaban J connectivity index is 3.00. The first-order chi connectivity index (χ1) is 5.61. The Morgan fingerprint density at radius 1 is 1.58 bits per heavy atom. The minimum absolute atomic E-state index is 0.400. The molecular weight excluding hydrogens is 290 g/mol. The summed E-state index contributed by atoms with van der Waals surface area (Å²) in [7, 11) is 0. The van der Waals surface area contributed by atoms with Crippen LogP contribution in [0.2, 0.25) is 0 Å². The molecular formula is C6H5Br2N3O. The van der Waals surface area contributed by atoms with Gasteiger partial charge >= 0.3 is 6.03 Å². The lowest BCUT2D eigenvalue weighted by Crippen LogP contribution is -2.20. The number of urea groups is 1. The molecule has 0 fully saturated rings. The van der Waals surface area contributed by atoms with Crippen LogP contribution >= 0.6 is 31.9 Å². The molecule has 0 saturated heterocycles. The van der Waals surface area contributed by atoms with E-state index in [1.54, 1.807) is 12.3 Å². The van der Waals surface area contributed by atoms with E-state index in [1.807, 2.05) is 0 Å². The number of rotatable bonds is 1. The van der Waals surface area contributed by atoms with Gasteiger partial charge in [-0.1, -0.05) is 0 Å². The number of carbonyl (C=O) groups is 1. The van der Waals surface area contributed by atoms with Gasteiger partial charge in [-0.25, -0.2) is 9.78 Å². The van der Waals surface area contributed by atoms with E-state index in [0.29, 0.717) is 10.3 Å². The van der Waals surface area contributed by atoms with Gasteiger partial charge in [-0.3, -0.25) is 5.32 Å². The molecule has 1 aromatic heterocycles. The van der Waals surface area contributed by atoms with Crippen molar-refractivity contribution in [3.8, 4) is 0 Å². The first-order valence-electron chi connectivity index (χ1n) is 2.97. The summed E-state index contributed by atoms with van der Waals surface area (Å²) in [6, 6.07) is 1.11. The zero-order chi connectivity index (χ0) is 9.14. The quantitative estimate of drug-likeness (QED) is 0.833. The number of amides is 2. The van der Waals surface area contributed by atoms with Gasteiger partial charge < -0.3 is 5.73 Å². The smallest absolute Gasteiger partial charge is 0.317 e. The van der Waals surface area contributed by atoms with E-state index in [9.17, 15) is 4.79 Å². The van der Waals surface area contributed by atoms with E-state index in [1.165, 1.54) is 0 Å². The van der Waals surface area contributed by atoms with Crippen LogP contribution in [0.15, 0.2) is 21.2 Å². The summed E-state index contributed by atoms with van der Waals surface area (Å²) in [6.45, 7) is 0. The third-order valence-electron chi connectivity index (χ3n) is 1.08. The number of hydrogen-bond acceptors (Lipinski definition) is 2. The predicted molar refractivity (Wildman–Crippen MR) is 52.8 cm³/mol. The number of nitrogens with zero attached hydrogens (tertiary/aromatic N) is 1. The molecule has 1 heterocycles. The highest BCUT2D eigenvalue weighted by Crippen LogP contribution is 2.27. The van der Waals surface area contributed by atoms with Crippen molar-refractivity contribution in [2.45, 2.75) is 0 Å². The second-order valence-electron chi connectivity index (χ2n) is 1.94. The summed E-state index contributed by atoms with van der Waals surface area (Å²) in [4.78, 5) is 14.4. The molecule has 1 aromatic rings. The topological polar surface area (TPSA) is 68.0 Å². The van der Waals surface area contributed by atoms with Gasteiger partial charge in [-0.2, -0.15) is 0 Å². The van der Waals surface area contributed by atoms with Gasteiger partial charge in [0.15, 0.2) is 0 Å². The van der Waals surface area contributed by atoms with Gasteiger partial charge in [-0.05, 0) is 37.9 Å². The molecule has 0 aliphatic rings. The molecule has 0 saturated carbocycles. The molecule has 0 aliphatic heterocycles. The summed E-state index contributed by atoms with van der Waals surface area (Å²) in [5.41, 5.74) is 4.92. The highest BCUT2D eigenvalue weighted by atomic mass is 79.9. The van der Waals surface area contributed by atoms with Crippen molar-refractivity contribution in [2.24, 2.45) is 5.73 Å². The number of aromatic nitrogens is 1. The molecule has 2 amide bonds. The Morgan fingerprint density at radius 2 is 2.25 bits per heavy atom. The van der Waals surface area contributed by atoms with Crippen LogP contribution in [0.5, 0.6) is 0 Å². The molecule has 0 unspecified atom stereocenters. The van der Waals surface area contributed by atoms with Crippen LogP contribution in [-0.2, 0) is 0 Å². The average molecular weight is 295 g/mol. The van der Waals surface area contributed by atoms with Crippen LogP contribution in [0.1, 0.15) is 0 Å². The molecule has 0 atom stereocenters. The predicted octanol–water partition coefficient (Wildman–Crippen LogP) is 2.10. The van der Waals surface area contributed by atoms with Gasteiger partial charge in [0.05, 0.1) is 4.47 Å². The molecule has 0 spiro atoms. The average Bonchev–Trinajstić information content (AvgIpc) is 1.98. The van der Waals surface area contributed by atoms with E-state index in [0.717, 1.165) is 4.47 Å². The van der Waals surface area contributed by atoms with E-state index in [-0.39, 0.29) is 0 Å². The Morgan fingerprint density at radius 3 is 2.83 bits per heavy atom. The third kappa shape index (κ3) is 2.18. The first kappa shape index (κ1) is 9.47. The van der Waals surface area contributed by atoms with Crippen molar-refractivity contribution in [1.82, 2.24) is 4.98 Å². The number of nitrogens with one attached hydrogen (secondary N) is 1. The Kier molecular flexibility index (Phi) is 3.05. The monoisotopic (exact) mass is 293 g/mol. The van der Waals surface area contributed by atoms with Crippen molar-refractivity contribution < 1.29 is 4.79 Å². The van der Waals surface area contributed by atoms with Crippen molar-refractivity contribution in [3.05, 3.63) is 21.2 Å². The molecule has 0 aliphatic carbocycles. The van der Waals surface area contributed by atoms with E-state index < -0.39 is 6.03 Å². The molecule has 4 nitrogen and oxygen atoms in total. The number of nitrogens with two attached hydrogens (primary N) is 1. The van der Waals surface area contributed by atoms with Gasteiger partial charge in [0.1, 0.15) is 5.82 Å². The molecule has 3 N–H and O–H groups in total. The highest BCUT2D eigenvalue weighted by Gasteiger charge is 2.05. The summed E-state index contributed by atoms with van der Waals surface area (Å²) in [6.07, 6.45) is 1.56. The number of pyridine rings is 1. The third-order valence-corrected chi connectivity index (χ3v) is 3.08. The minimum Gasteiger partial charge on any atom is -0.351 e. The fraction of sp³-hybridized carbons (Fsp3) is 0. The van der Waals surface area contributed by atoms with Crippen LogP contribution in [0, 0.1) is 0 Å². The summed E-state index contributed by atoms with van der Waals surface area (Å²) in [5.74, 6) is 0.400. The minimum atomic E-state index is -0.638. The van der Waals surface area contributed by atoms with Crippen LogP contribution in [0.3, 0.4) is 0 Å². The Labute approximate surface area is 85.8 Å². The lowest BCUT2D eigenvalue weighted by atomic mass is 10.5. The van der Waals surface area contributed by atoms with Gasteiger partial charge in [0.2, 0.25) is 0 Å². The SMILES string of the molecule is NC(=O)Nc1nccc(Br)c1Br. The second kappa shape index (κ2) is 3.86. The van der Waals surface area contributed by atoms with Crippen LogP contribution in [-0.4, -0.2) is 11.0 Å². The zero-order valence-electron chi connectivity index (χ0n) is 5.84. The Bertz CT molecular complexity index is 316. The fourth-order valence-electron chi connectivity index (χ4n) is 0.624. The maximum Gasteiger partial charge on any atom is 0.317 e. The molecule has 0 aromatic carbocycles. The second-order valence-corrected chi connectivity index (χ2v) is 3.59.